The Kier molecular flexibility index (Phi) is 19.0. The number of carboxylic acids is 1. The van der Waals surface area contributed by atoms with Crippen LogP contribution in [0.1, 0.15) is 89.5 Å². The number of carboxylic acid groups (broad SMARTS) is 1. The fourth-order valence-electron chi connectivity index (χ4n) is 4.20. The Labute approximate surface area is 280 Å². The molecule has 3 rings (SSSR count). The number of ether oxygens (including phenoxy) is 1. The van der Waals surface area contributed by atoms with Crippen LogP contribution in [0.25, 0.3) is 16.8 Å². The molecule has 1 heterocycles. The lowest BCUT2D eigenvalue weighted by Crippen LogP contribution is -2.04. The highest BCUT2D eigenvalue weighted by atomic mass is 35.5. The van der Waals surface area contributed by atoms with Gasteiger partial charge in [0.25, 0.3) is 0 Å². The molecule has 0 atom stereocenters. The number of allylic oxidation sites excluding steroid dienone is 8. The molecular weight excluding hydrogens is 603 g/mol. The predicted molar refractivity (Wildman–Crippen MR) is 193 cm³/mol. The third kappa shape index (κ3) is 13.0. The standard InChI is InChI=1S/C34H36Cl2N2O3.2C2H6/c1-5-10-26(13-8-11-24(4)12-9-14-29(6-2)41-7-3)33-37-32(30-20-19-28(35)21-31(30)36)23-38(33)22-25-15-17-27(18-16-25)34(39)40;2*1-2/h6,8,10,12-21,23H,2,5,7,9,11,22H2,1,3-4H3,(H,39,40);2*1-2H3/b13-8-,24-12+,26-10+,29-14?;;. The van der Waals surface area contributed by atoms with Gasteiger partial charge in [0.2, 0.25) is 0 Å². The van der Waals surface area contributed by atoms with Gasteiger partial charge in [0.1, 0.15) is 11.6 Å². The molecule has 0 aliphatic heterocycles. The lowest BCUT2D eigenvalue weighted by molar-refractivity contribution is 0.0697. The van der Waals surface area contributed by atoms with E-state index in [2.05, 4.69) is 49.3 Å². The van der Waals surface area contributed by atoms with E-state index in [0.29, 0.717) is 23.2 Å². The van der Waals surface area contributed by atoms with Gasteiger partial charge in [0, 0.05) is 28.9 Å². The second kappa shape index (κ2) is 21.8. The largest absolute Gasteiger partial charge is 0.494 e. The second-order valence-electron chi connectivity index (χ2n) is 9.41. The number of rotatable bonds is 14. The van der Waals surface area contributed by atoms with Gasteiger partial charge in [-0.15, -0.1) is 0 Å². The van der Waals surface area contributed by atoms with Gasteiger partial charge in [-0.25, -0.2) is 9.78 Å². The molecule has 0 radical (unpaired) electrons. The topological polar surface area (TPSA) is 64.4 Å². The number of carbonyl (C=O) groups is 1. The highest BCUT2D eigenvalue weighted by molar-refractivity contribution is 6.36. The van der Waals surface area contributed by atoms with Gasteiger partial charge in [-0.2, -0.15) is 0 Å². The molecule has 1 aromatic heterocycles. The summed E-state index contributed by atoms with van der Waals surface area (Å²) in [6.45, 7) is 19.1. The van der Waals surface area contributed by atoms with Crippen LogP contribution in [0.5, 0.6) is 0 Å². The zero-order chi connectivity index (χ0) is 33.8. The van der Waals surface area contributed by atoms with Crippen LogP contribution in [0.4, 0.5) is 0 Å². The van der Waals surface area contributed by atoms with Crippen LogP contribution in [0.2, 0.25) is 10.0 Å². The van der Waals surface area contributed by atoms with Gasteiger partial charge in [-0.3, -0.25) is 0 Å². The lowest BCUT2D eigenvalue weighted by atomic mass is 10.1. The average molecular weight is 652 g/mol. The van der Waals surface area contributed by atoms with Crippen molar-refractivity contribution in [3.63, 3.8) is 0 Å². The summed E-state index contributed by atoms with van der Waals surface area (Å²) in [7, 11) is 0. The van der Waals surface area contributed by atoms with Gasteiger partial charge in [-0.05, 0) is 81.2 Å². The van der Waals surface area contributed by atoms with Crippen molar-refractivity contribution >= 4 is 34.7 Å². The number of hydrogen-bond donors (Lipinski definition) is 1. The Bertz CT molecular complexity index is 1480. The lowest BCUT2D eigenvalue weighted by Gasteiger charge is -2.09. The van der Waals surface area contributed by atoms with Crippen molar-refractivity contribution in [2.24, 2.45) is 0 Å². The summed E-state index contributed by atoms with van der Waals surface area (Å²) in [4.78, 5) is 16.3. The average Bonchev–Trinajstić information content (AvgIpc) is 3.45. The Morgan fingerprint density at radius 2 is 1.71 bits per heavy atom. The summed E-state index contributed by atoms with van der Waals surface area (Å²) in [6, 6.07) is 12.3. The van der Waals surface area contributed by atoms with E-state index in [9.17, 15) is 9.90 Å². The number of aromatic nitrogens is 2. The summed E-state index contributed by atoms with van der Waals surface area (Å²) < 4.78 is 7.59. The first-order valence-electron chi connectivity index (χ1n) is 15.6. The molecule has 242 valence electrons. The highest BCUT2D eigenvalue weighted by Crippen LogP contribution is 2.32. The zero-order valence-electron chi connectivity index (χ0n) is 27.7. The maximum absolute atomic E-state index is 11.3. The van der Waals surface area contributed by atoms with E-state index in [-0.39, 0.29) is 5.56 Å². The zero-order valence-corrected chi connectivity index (χ0v) is 29.3. The molecule has 0 unspecified atom stereocenters. The number of hydrogen-bond acceptors (Lipinski definition) is 3. The first-order valence-corrected chi connectivity index (χ1v) is 16.3. The van der Waals surface area contributed by atoms with E-state index >= 15 is 0 Å². The monoisotopic (exact) mass is 650 g/mol. The van der Waals surface area contributed by atoms with Gasteiger partial charge in [0.15, 0.2) is 0 Å². The van der Waals surface area contributed by atoms with Crippen molar-refractivity contribution in [3.05, 3.63) is 130 Å². The fourth-order valence-corrected chi connectivity index (χ4v) is 4.70. The van der Waals surface area contributed by atoms with Crippen LogP contribution in [-0.4, -0.2) is 27.2 Å². The molecule has 0 saturated heterocycles. The molecule has 0 aliphatic rings. The SMILES string of the molecule is C=CC(=CC/C=C(\C)C/C=C\C(=C/CC)c1nc(-c2ccc(Cl)cc2Cl)cn1Cc1ccc(C(=O)O)cc1)OCC.CC.CC. The van der Waals surface area contributed by atoms with Crippen molar-refractivity contribution in [2.45, 2.75) is 74.3 Å². The molecule has 45 heavy (non-hydrogen) atoms. The first kappa shape index (κ1) is 39.2. The van der Waals surface area contributed by atoms with E-state index in [1.807, 2.05) is 65.1 Å². The highest BCUT2D eigenvalue weighted by Gasteiger charge is 2.15. The normalized spacial score (nSPS) is 11.8. The van der Waals surface area contributed by atoms with Gasteiger partial charge in [-0.1, -0.05) is 106 Å². The first-order chi connectivity index (χ1) is 21.7. The van der Waals surface area contributed by atoms with Crippen LogP contribution < -0.4 is 0 Å². The maximum Gasteiger partial charge on any atom is 0.335 e. The van der Waals surface area contributed by atoms with E-state index < -0.39 is 5.97 Å². The van der Waals surface area contributed by atoms with Crippen LogP contribution in [0.15, 0.2) is 103 Å². The van der Waals surface area contributed by atoms with Gasteiger partial charge < -0.3 is 14.4 Å². The minimum absolute atomic E-state index is 0.250. The molecule has 0 bridgehead atoms. The molecule has 1 N–H and O–H groups in total. The summed E-state index contributed by atoms with van der Waals surface area (Å²) >= 11 is 12.7. The van der Waals surface area contributed by atoms with Crippen molar-refractivity contribution in [1.29, 1.82) is 0 Å². The molecule has 0 aliphatic carbocycles. The molecule has 5 nitrogen and oxygen atoms in total. The second-order valence-corrected chi connectivity index (χ2v) is 10.3. The molecule has 3 aromatic rings. The Hall–Kier alpha value is -3.80. The molecule has 2 aromatic carbocycles. The number of nitrogens with zero attached hydrogens (tertiary/aromatic N) is 2. The molecule has 0 fully saturated rings. The number of benzene rings is 2. The smallest absolute Gasteiger partial charge is 0.335 e. The van der Waals surface area contributed by atoms with Crippen LogP contribution in [0, 0.1) is 0 Å². The van der Waals surface area contributed by atoms with Crippen LogP contribution in [0.3, 0.4) is 0 Å². The van der Waals surface area contributed by atoms with Crippen LogP contribution in [-0.2, 0) is 11.3 Å². The van der Waals surface area contributed by atoms with Crippen LogP contribution >= 0.6 is 23.2 Å². The minimum Gasteiger partial charge on any atom is -0.494 e. The molecular formula is C38H48Cl2N2O3. The molecule has 7 heteroatoms. The minimum atomic E-state index is -0.950. The summed E-state index contributed by atoms with van der Waals surface area (Å²) in [5, 5.41) is 10.4. The molecule has 0 spiro atoms. The summed E-state index contributed by atoms with van der Waals surface area (Å²) in [6.07, 6.45) is 16.7. The fraction of sp³-hybridized carbons (Fsp3) is 0.316. The van der Waals surface area contributed by atoms with Gasteiger partial charge >= 0.3 is 5.97 Å². The quantitative estimate of drug-likeness (QED) is 0.107. The Balaban J connectivity index is 0.00000243. The molecule has 0 saturated carbocycles. The number of aromatic carboxylic acids is 1. The van der Waals surface area contributed by atoms with E-state index in [0.717, 1.165) is 53.2 Å². The van der Waals surface area contributed by atoms with Crippen molar-refractivity contribution in [1.82, 2.24) is 9.55 Å². The Morgan fingerprint density at radius 3 is 2.29 bits per heavy atom. The third-order valence-corrected chi connectivity index (χ3v) is 6.80. The maximum atomic E-state index is 11.3. The summed E-state index contributed by atoms with van der Waals surface area (Å²) in [5.41, 5.74) is 4.96. The predicted octanol–water partition coefficient (Wildman–Crippen LogP) is 11.8. The van der Waals surface area contributed by atoms with E-state index in [1.54, 1.807) is 30.3 Å². The van der Waals surface area contributed by atoms with Gasteiger partial charge in [0.05, 0.1) is 22.9 Å². The van der Waals surface area contributed by atoms with Crippen molar-refractivity contribution < 1.29 is 14.6 Å². The van der Waals surface area contributed by atoms with Crippen molar-refractivity contribution in [3.8, 4) is 11.3 Å². The third-order valence-electron chi connectivity index (χ3n) is 6.25. The van der Waals surface area contributed by atoms with E-state index in [4.69, 9.17) is 32.9 Å². The number of imidazole rings is 1. The van der Waals surface area contributed by atoms with E-state index in [1.165, 1.54) is 5.57 Å². The number of halogens is 2. The summed E-state index contributed by atoms with van der Waals surface area (Å²) in [5.74, 6) is 0.637. The molecule has 0 amide bonds. The van der Waals surface area contributed by atoms with Crippen molar-refractivity contribution in [2.75, 3.05) is 6.61 Å². The Morgan fingerprint density at radius 1 is 1.02 bits per heavy atom.